The van der Waals surface area contributed by atoms with Crippen LogP contribution in [0.1, 0.15) is 29.3 Å². The third-order valence-electron chi connectivity index (χ3n) is 3.64. The van der Waals surface area contributed by atoms with Crippen molar-refractivity contribution in [1.29, 1.82) is 0 Å². The second-order valence-electron chi connectivity index (χ2n) is 5.10. The largest absolute Gasteiger partial charge is 0.493 e. The van der Waals surface area contributed by atoms with Crippen LogP contribution in [0, 0.1) is 6.92 Å². The highest BCUT2D eigenvalue weighted by Crippen LogP contribution is 2.31. The second kappa shape index (κ2) is 7.53. The number of nitrogens with one attached hydrogen (secondary N) is 1. The number of aryl methyl sites for hydroxylation is 1. The SMILES string of the molecule is Cc1ccoc1CN=C(N)NC1CCOc2ccccc21.I. The molecular formula is C16H20IN3O2. The molecule has 5 nitrogen and oxygen atoms in total. The molecule has 3 N–H and O–H groups in total. The Bertz CT molecular complexity index is 654. The number of guanidine groups is 1. The molecule has 118 valence electrons. The molecule has 22 heavy (non-hydrogen) atoms. The summed E-state index contributed by atoms with van der Waals surface area (Å²) in [7, 11) is 0. The third kappa shape index (κ3) is 3.73. The van der Waals surface area contributed by atoms with E-state index >= 15 is 0 Å². The van der Waals surface area contributed by atoms with Crippen molar-refractivity contribution in [3.8, 4) is 5.75 Å². The molecule has 2 aromatic rings. The lowest BCUT2D eigenvalue weighted by molar-refractivity contribution is 0.262. The van der Waals surface area contributed by atoms with Crippen molar-refractivity contribution in [1.82, 2.24) is 5.32 Å². The van der Waals surface area contributed by atoms with Crippen molar-refractivity contribution >= 4 is 29.9 Å². The van der Waals surface area contributed by atoms with Crippen LogP contribution in [0.15, 0.2) is 46.0 Å². The highest BCUT2D eigenvalue weighted by atomic mass is 127. The van der Waals surface area contributed by atoms with Crippen molar-refractivity contribution in [2.45, 2.75) is 25.9 Å². The average Bonchev–Trinajstić information content (AvgIpc) is 2.91. The number of halogens is 1. The van der Waals surface area contributed by atoms with Gasteiger partial charge in [-0.3, -0.25) is 0 Å². The van der Waals surface area contributed by atoms with Gasteiger partial charge in [-0.1, -0.05) is 18.2 Å². The van der Waals surface area contributed by atoms with Crippen molar-refractivity contribution in [3.63, 3.8) is 0 Å². The normalized spacial score (nSPS) is 17.1. The van der Waals surface area contributed by atoms with Crippen LogP contribution >= 0.6 is 24.0 Å². The highest BCUT2D eigenvalue weighted by Gasteiger charge is 2.21. The van der Waals surface area contributed by atoms with E-state index in [9.17, 15) is 0 Å². The molecular weight excluding hydrogens is 393 g/mol. The van der Waals surface area contributed by atoms with Gasteiger partial charge >= 0.3 is 0 Å². The summed E-state index contributed by atoms with van der Waals surface area (Å²) < 4.78 is 11.0. The zero-order valence-corrected chi connectivity index (χ0v) is 14.7. The summed E-state index contributed by atoms with van der Waals surface area (Å²) in [6.45, 7) is 3.12. The first-order valence-corrected chi connectivity index (χ1v) is 7.05. The Morgan fingerprint density at radius 3 is 2.95 bits per heavy atom. The summed E-state index contributed by atoms with van der Waals surface area (Å²) in [6, 6.07) is 10.1. The lowest BCUT2D eigenvalue weighted by Gasteiger charge is -2.26. The van der Waals surface area contributed by atoms with Crippen LogP contribution in [0.5, 0.6) is 5.75 Å². The maximum atomic E-state index is 5.98. The smallest absolute Gasteiger partial charge is 0.189 e. The third-order valence-corrected chi connectivity index (χ3v) is 3.64. The van der Waals surface area contributed by atoms with Gasteiger partial charge in [0.15, 0.2) is 5.96 Å². The van der Waals surface area contributed by atoms with Gasteiger partial charge in [0.1, 0.15) is 18.1 Å². The Kier molecular flexibility index (Phi) is 5.70. The van der Waals surface area contributed by atoms with Crippen molar-refractivity contribution < 1.29 is 9.15 Å². The van der Waals surface area contributed by atoms with Crippen molar-refractivity contribution in [2.75, 3.05) is 6.61 Å². The van der Waals surface area contributed by atoms with Crippen LogP contribution in [0.3, 0.4) is 0 Å². The number of para-hydroxylation sites is 1. The molecule has 1 aliphatic heterocycles. The number of nitrogens with two attached hydrogens (primary N) is 1. The molecule has 1 aromatic heterocycles. The fourth-order valence-corrected chi connectivity index (χ4v) is 2.44. The van der Waals surface area contributed by atoms with Gasteiger partial charge in [-0.2, -0.15) is 0 Å². The zero-order chi connectivity index (χ0) is 14.7. The summed E-state index contributed by atoms with van der Waals surface area (Å²) in [5, 5.41) is 3.26. The molecule has 0 fully saturated rings. The molecule has 0 saturated heterocycles. The van der Waals surface area contributed by atoms with Crippen LogP contribution in [-0.4, -0.2) is 12.6 Å². The van der Waals surface area contributed by atoms with E-state index in [0.29, 0.717) is 19.1 Å². The number of rotatable bonds is 3. The predicted octanol–water partition coefficient (Wildman–Crippen LogP) is 3.13. The van der Waals surface area contributed by atoms with E-state index in [1.807, 2.05) is 31.2 Å². The Balaban J connectivity index is 0.00000176. The van der Waals surface area contributed by atoms with E-state index < -0.39 is 0 Å². The minimum Gasteiger partial charge on any atom is -0.493 e. The topological polar surface area (TPSA) is 72.8 Å². The quantitative estimate of drug-likeness (QED) is 0.461. The lowest BCUT2D eigenvalue weighted by atomic mass is 10.0. The minimum atomic E-state index is 0. The molecule has 1 unspecified atom stereocenters. The monoisotopic (exact) mass is 413 g/mol. The molecule has 1 aliphatic rings. The highest BCUT2D eigenvalue weighted by molar-refractivity contribution is 14.0. The van der Waals surface area contributed by atoms with Crippen molar-refractivity contribution in [2.24, 2.45) is 10.7 Å². The van der Waals surface area contributed by atoms with Crippen molar-refractivity contribution in [3.05, 3.63) is 53.5 Å². The molecule has 1 aromatic carbocycles. The van der Waals surface area contributed by atoms with Crippen LogP contribution in [0.25, 0.3) is 0 Å². The summed E-state index contributed by atoms with van der Waals surface area (Å²) in [4.78, 5) is 4.34. The van der Waals surface area contributed by atoms with E-state index in [1.165, 1.54) is 0 Å². The number of nitrogens with zero attached hydrogens (tertiary/aromatic N) is 1. The van der Waals surface area contributed by atoms with E-state index in [4.69, 9.17) is 14.9 Å². The molecule has 0 radical (unpaired) electrons. The number of hydrogen-bond donors (Lipinski definition) is 2. The fourth-order valence-electron chi connectivity index (χ4n) is 2.44. The molecule has 0 saturated carbocycles. The van der Waals surface area contributed by atoms with Gasteiger partial charge < -0.3 is 20.2 Å². The van der Waals surface area contributed by atoms with E-state index in [-0.39, 0.29) is 30.0 Å². The maximum Gasteiger partial charge on any atom is 0.189 e. The summed E-state index contributed by atoms with van der Waals surface area (Å²) in [5.41, 5.74) is 8.19. The van der Waals surface area contributed by atoms with Crippen LogP contribution in [0.4, 0.5) is 0 Å². The number of ether oxygens (including phenoxy) is 1. The Labute approximate surface area is 147 Å². The van der Waals surface area contributed by atoms with Gasteiger partial charge in [0, 0.05) is 12.0 Å². The van der Waals surface area contributed by atoms with E-state index in [0.717, 1.165) is 29.1 Å². The second-order valence-corrected chi connectivity index (χ2v) is 5.10. The summed E-state index contributed by atoms with van der Waals surface area (Å²) >= 11 is 0. The predicted molar refractivity (Wildman–Crippen MR) is 96.6 cm³/mol. The van der Waals surface area contributed by atoms with Crippen LogP contribution < -0.4 is 15.8 Å². The summed E-state index contributed by atoms with van der Waals surface area (Å²) in [6.07, 6.45) is 2.53. The molecule has 2 heterocycles. The van der Waals surface area contributed by atoms with E-state index in [1.54, 1.807) is 6.26 Å². The standard InChI is InChI=1S/C16H19N3O2.HI/c1-11-6-8-21-15(11)10-18-16(17)19-13-7-9-20-14-5-3-2-4-12(13)14;/h2-6,8,13H,7,9-10H2,1H3,(H3,17,18,19);1H. The molecule has 6 heteroatoms. The maximum absolute atomic E-state index is 5.98. The molecule has 0 spiro atoms. The van der Waals surface area contributed by atoms with Crippen LogP contribution in [-0.2, 0) is 6.54 Å². The van der Waals surface area contributed by atoms with Gasteiger partial charge in [-0.15, -0.1) is 24.0 Å². The van der Waals surface area contributed by atoms with E-state index in [2.05, 4.69) is 16.4 Å². The number of hydrogen-bond acceptors (Lipinski definition) is 3. The van der Waals surface area contributed by atoms with Gasteiger partial charge in [0.25, 0.3) is 0 Å². The van der Waals surface area contributed by atoms with Gasteiger partial charge in [0.05, 0.1) is 18.9 Å². The number of furan rings is 1. The fraction of sp³-hybridized carbons (Fsp3) is 0.312. The first-order chi connectivity index (χ1) is 10.2. The zero-order valence-electron chi connectivity index (χ0n) is 12.4. The van der Waals surface area contributed by atoms with Gasteiger partial charge in [-0.25, -0.2) is 4.99 Å². The molecule has 1 atom stereocenters. The summed E-state index contributed by atoms with van der Waals surface area (Å²) in [5.74, 6) is 2.18. The number of benzene rings is 1. The molecule has 0 amide bonds. The Morgan fingerprint density at radius 1 is 1.36 bits per heavy atom. The van der Waals surface area contributed by atoms with Crippen LogP contribution in [0.2, 0.25) is 0 Å². The first kappa shape index (κ1) is 16.7. The number of fused-ring (bicyclic) bond motifs is 1. The Hall–Kier alpha value is -1.70. The molecule has 3 rings (SSSR count). The lowest BCUT2D eigenvalue weighted by Crippen LogP contribution is -2.37. The first-order valence-electron chi connectivity index (χ1n) is 7.05. The Morgan fingerprint density at radius 2 is 2.18 bits per heavy atom. The molecule has 0 bridgehead atoms. The van der Waals surface area contributed by atoms with Gasteiger partial charge in [0.2, 0.25) is 0 Å². The minimum absolute atomic E-state index is 0. The number of aliphatic imine (C=N–C) groups is 1. The van der Waals surface area contributed by atoms with Gasteiger partial charge in [-0.05, 0) is 24.6 Å². The average molecular weight is 413 g/mol. The molecule has 0 aliphatic carbocycles.